The number of carbonyl (C=O) groups excluding carboxylic acids is 2. The number of halogens is 2. The Morgan fingerprint density at radius 1 is 1.29 bits per heavy atom. The normalized spacial score (nSPS) is 23.5. The molecule has 1 aromatic heterocycles. The summed E-state index contributed by atoms with van der Waals surface area (Å²) in [5, 5.41) is 6.49. The van der Waals surface area contributed by atoms with Gasteiger partial charge in [0.15, 0.2) is 11.9 Å². The summed E-state index contributed by atoms with van der Waals surface area (Å²) in [4.78, 5) is 26.7. The molecule has 2 aliphatic rings. The number of hydrogen-bond donors (Lipinski definition) is 1. The van der Waals surface area contributed by atoms with Crippen molar-refractivity contribution in [3.63, 3.8) is 0 Å². The van der Waals surface area contributed by atoms with Crippen molar-refractivity contribution in [3.05, 3.63) is 11.8 Å². The van der Waals surface area contributed by atoms with Gasteiger partial charge >= 0.3 is 0 Å². The van der Waals surface area contributed by atoms with E-state index in [-0.39, 0.29) is 56.0 Å². The number of alkyl halides is 2. The van der Waals surface area contributed by atoms with Crippen molar-refractivity contribution >= 4 is 17.6 Å². The fourth-order valence-electron chi connectivity index (χ4n) is 3.45. The first-order valence-electron chi connectivity index (χ1n) is 9.61. The maximum Gasteiger partial charge on any atom is 0.256 e. The maximum absolute atomic E-state index is 13.3. The van der Waals surface area contributed by atoms with Gasteiger partial charge in [-0.15, -0.1) is 0 Å². The van der Waals surface area contributed by atoms with Crippen LogP contribution in [0.5, 0.6) is 0 Å². The molecule has 1 aliphatic heterocycles. The van der Waals surface area contributed by atoms with Crippen molar-refractivity contribution < 1.29 is 27.6 Å². The molecule has 0 radical (unpaired) electrons. The highest BCUT2D eigenvalue weighted by atomic mass is 19.3. The Balaban J connectivity index is 1.56. The van der Waals surface area contributed by atoms with E-state index in [1.54, 1.807) is 11.0 Å². The van der Waals surface area contributed by atoms with Crippen LogP contribution in [0.4, 0.5) is 14.6 Å². The molecule has 9 heteroatoms. The Hall–Kier alpha value is -2.03. The summed E-state index contributed by atoms with van der Waals surface area (Å²) in [5.41, 5.74) is -0.239. The van der Waals surface area contributed by atoms with Crippen LogP contribution in [-0.2, 0) is 19.7 Å². The zero-order chi connectivity index (χ0) is 20.5. The molecule has 1 atom stereocenters. The number of rotatable bonds is 3. The summed E-state index contributed by atoms with van der Waals surface area (Å²) >= 11 is 0. The lowest BCUT2D eigenvalue weighted by atomic mass is 9.85. The summed E-state index contributed by atoms with van der Waals surface area (Å²) in [6.45, 7) is 6.57. The first kappa shape index (κ1) is 20.7. The average molecular weight is 399 g/mol. The molecule has 1 aromatic rings. The predicted octanol–water partition coefficient (Wildman–Crippen LogP) is 2.96. The van der Waals surface area contributed by atoms with Crippen molar-refractivity contribution in [2.75, 3.05) is 25.0 Å². The zero-order valence-corrected chi connectivity index (χ0v) is 16.5. The minimum atomic E-state index is -2.67. The molecule has 7 nitrogen and oxygen atoms in total. The highest BCUT2D eigenvalue weighted by Crippen LogP contribution is 2.37. The van der Waals surface area contributed by atoms with Gasteiger partial charge in [0.1, 0.15) is 5.76 Å². The standard InChI is InChI=1S/C19H27F2N3O4/c1-18(2,3)14-10-15(23-28-14)22-16(25)13-11-24(8-9-27-13)17(26)12-4-6-19(20,21)7-5-12/h10,12-13H,4-9,11H2,1-3H3,(H,22,23,25). The second-order valence-corrected chi connectivity index (χ2v) is 8.59. The number of anilines is 1. The molecule has 2 heterocycles. The molecule has 28 heavy (non-hydrogen) atoms. The van der Waals surface area contributed by atoms with Gasteiger partial charge in [0.25, 0.3) is 5.91 Å². The zero-order valence-electron chi connectivity index (χ0n) is 16.5. The predicted molar refractivity (Wildman–Crippen MR) is 97.1 cm³/mol. The molecule has 1 saturated carbocycles. The van der Waals surface area contributed by atoms with E-state index >= 15 is 0 Å². The van der Waals surface area contributed by atoms with Crippen LogP contribution < -0.4 is 5.32 Å². The van der Waals surface area contributed by atoms with E-state index in [9.17, 15) is 18.4 Å². The quantitative estimate of drug-likeness (QED) is 0.845. The van der Waals surface area contributed by atoms with E-state index in [1.165, 1.54) is 0 Å². The van der Waals surface area contributed by atoms with Crippen LogP contribution in [-0.4, -0.2) is 53.6 Å². The topological polar surface area (TPSA) is 84.7 Å². The molecule has 156 valence electrons. The van der Waals surface area contributed by atoms with Gasteiger partial charge < -0.3 is 19.5 Å². The van der Waals surface area contributed by atoms with Crippen molar-refractivity contribution in [1.82, 2.24) is 10.1 Å². The summed E-state index contributed by atoms with van der Waals surface area (Å²) < 4.78 is 37.4. The van der Waals surface area contributed by atoms with E-state index in [2.05, 4.69) is 10.5 Å². The van der Waals surface area contributed by atoms with Gasteiger partial charge in [-0.1, -0.05) is 25.9 Å². The molecule has 2 amide bonds. The number of amides is 2. The third kappa shape index (κ3) is 4.87. The minimum absolute atomic E-state index is 0.0987. The van der Waals surface area contributed by atoms with Gasteiger partial charge in [-0.2, -0.15) is 0 Å². The second kappa shape index (κ2) is 7.77. The van der Waals surface area contributed by atoms with Crippen molar-refractivity contribution in [3.8, 4) is 0 Å². The summed E-state index contributed by atoms with van der Waals surface area (Å²) in [6, 6.07) is 1.66. The monoisotopic (exact) mass is 399 g/mol. The van der Waals surface area contributed by atoms with Crippen LogP contribution in [0.25, 0.3) is 0 Å². The number of hydrogen-bond acceptors (Lipinski definition) is 5. The molecular formula is C19H27F2N3O4. The molecule has 0 aromatic carbocycles. The average Bonchev–Trinajstić information content (AvgIpc) is 3.10. The molecule has 0 bridgehead atoms. The lowest BCUT2D eigenvalue weighted by Gasteiger charge is -2.36. The summed E-state index contributed by atoms with van der Waals surface area (Å²) in [7, 11) is 0. The van der Waals surface area contributed by atoms with Gasteiger partial charge in [-0.05, 0) is 12.8 Å². The Morgan fingerprint density at radius 2 is 1.96 bits per heavy atom. The van der Waals surface area contributed by atoms with Crippen LogP contribution in [0.1, 0.15) is 52.2 Å². The van der Waals surface area contributed by atoms with Crippen molar-refractivity contribution in [2.45, 2.75) is 63.9 Å². The minimum Gasteiger partial charge on any atom is -0.365 e. The fraction of sp³-hybridized carbons (Fsp3) is 0.737. The number of nitrogens with zero attached hydrogens (tertiary/aromatic N) is 2. The smallest absolute Gasteiger partial charge is 0.256 e. The summed E-state index contributed by atoms with van der Waals surface area (Å²) in [5.74, 6) is -2.75. The third-order valence-electron chi connectivity index (χ3n) is 5.24. The molecular weight excluding hydrogens is 372 g/mol. The van der Waals surface area contributed by atoms with Crippen LogP contribution >= 0.6 is 0 Å². The highest BCUT2D eigenvalue weighted by molar-refractivity contribution is 5.94. The number of aromatic nitrogens is 1. The number of morpholine rings is 1. The number of carbonyl (C=O) groups is 2. The highest BCUT2D eigenvalue weighted by Gasteiger charge is 2.40. The Bertz CT molecular complexity index is 719. The van der Waals surface area contributed by atoms with E-state index in [0.717, 1.165) is 0 Å². The molecule has 1 aliphatic carbocycles. The Kier molecular flexibility index (Phi) is 5.74. The van der Waals surface area contributed by atoms with E-state index < -0.39 is 23.9 Å². The van der Waals surface area contributed by atoms with E-state index in [1.807, 2.05) is 20.8 Å². The SMILES string of the molecule is CC(C)(C)c1cc(NC(=O)C2CN(C(=O)C3CCC(F)(F)CC3)CCO2)no1. The Labute approximate surface area is 162 Å². The van der Waals surface area contributed by atoms with E-state index in [4.69, 9.17) is 9.26 Å². The summed E-state index contributed by atoms with van der Waals surface area (Å²) in [6.07, 6.45) is -1.01. The van der Waals surface area contributed by atoms with Crippen LogP contribution in [0, 0.1) is 5.92 Å². The van der Waals surface area contributed by atoms with Crippen LogP contribution in [0.2, 0.25) is 0 Å². The number of ether oxygens (including phenoxy) is 1. The first-order valence-corrected chi connectivity index (χ1v) is 9.61. The largest absolute Gasteiger partial charge is 0.365 e. The van der Waals surface area contributed by atoms with Crippen LogP contribution in [0.3, 0.4) is 0 Å². The lowest BCUT2D eigenvalue weighted by Crippen LogP contribution is -2.52. The second-order valence-electron chi connectivity index (χ2n) is 8.59. The Morgan fingerprint density at radius 3 is 2.57 bits per heavy atom. The van der Waals surface area contributed by atoms with Crippen molar-refractivity contribution in [2.24, 2.45) is 5.92 Å². The maximum atomic E-state index is 13.3. The molecule has 1 saturated heterocycles. The van der Waals surface area contributed by atoms with Crippen molar-refractivity contribution in [1.29, 1.82) is 0 Å². The van der Waals surface area contributed by atoms with E-state index in [0.29, 0.717) is 12.3 Å². The van der Waals surface area contributed by atoms with Gasteiger partial charge in [0.2, 0.25) is 11.8 Å². The first-order chi connectivity index (χ1) is 13.0. The lowest BCUT2D eigenvalue weighted by molar-refractivity contribution is -0.150. The number of nitrogens with one attached hydrogen (secondary N) is 1. The van der Waals surface area contributed by atoms with Gasteiger partial charge in [0.05, 0.1) is 13.2 Å². The molecule has 1 unspecified atom stereocenters. The molecule has 1 N–H and O–H groups in total. The van der Waals surface area contributed by atoms with Gasteiger partial charge in [0, 0.05) is 36.8 Å². The van der Waals surface area contributed by atoms with Gasteiger partial charge in [-0.25, -0.2) is 8.78 Å². The molecule has 3 rings (SSSR count). The van der Waals surface area contributed by atoms with Gasteiger partial charge in [-0.3, -0.25) is 9.59 Å². The molecule has 2 fully saturated rings. The molecule has 0 spiro atoms. The van der Waals surface area contributed by atoms with Crippen LogP contribution in [0.15, 0.2) is 10.6 Å². The fourth-order valence-corrected chi connectivity index (χ4v) is 3.45. The third-order valence-corrected chi connectivity index (χ3v) is 5.24.